The summed E-state index contributed by atoms with van der Waals surface area (Å²) in [5.74, 6) is 4.35. The van der Waals surface area contributed by atoms with Gasteiger partial charge in [0.05, 0.1) is 19.6 Å². The first-order chi connectivity index (χ1) is 6.83. The molecule has 0 atom stereocenters. The highest BCUT2D eigenvalue weighted by atomic mass is 32.1. The van der Waals surface area contributed by atoms with Gasteiger partial charge >= 0.3 is 5.97 Å². The van der Waals surface area contributed by atoms with Gasteiger partial charge in [-0.05, 0) is 11.4 Å². The zero-order valence-electron chi connectivity index (χ0n) is 7.56. The van der Waals surface area contributed by atoms with Crippen LogP contribution in [0.15, 0.2) is 17.5 Å². The Morgan fingerprint density at radius 3 is 3.14 bits per heavy atom. The van der Waals surface area contributed by atoms with Gasteiger partial charge < -0.3 is 9.57 Å². The van der Waals surface area contributed by atoms with Gasteiger partial charge in [-0.3, -0.25) is 4.79 Å². The van der Waals surface area contributed by atoms with Gasteiger partial charge in [-0.25, -0.2) is 5.84 Å². The number of carbonyl (C=O) groups excluding carboxylic acids is 1. The second-order valence-corrected chi connectivity index (χ2v) is 3.51. The summed E-state index contributed by atoms with van der Waals surface area (Å²) < 4.78 is 5.24. The summed E-state index contributed by atoms with van der Waals surface area (Å²) >= 11 is 1.62. The molecule has 14 heavy (non-hydrogen) atoms. The van der Waals surface area contributed by atoms with E-state index in [2.05, 4.69) is 4.84 Å². The first-order valence-electron chi connectivity index (χ1n) is 4.08. The zero-order chi connectivity index (χ0) is 10.2. The van der Waals surface area contributed by atoms with E-state index in [1.807, 2.05) is 23.1 Å². The van der Waals surface area contributed by atoms with Crippen molar-refractivity contribution in [2.45, 2.75) is 13.0 Å². The van der Waals surface area contributed by atoms with Crippen LogP contribution in [0.4, 0.5) is 0 Å². The molecule has 0 saturated heterocycles. The molecule has 1 rings (SSSR count). The number of ether oxygens (including phenoxy) is 1. The van der Waals surface area contributed by atoms with Crippen molar-refractivity contribution >= 4 is 17.3 Å². The fraction of sp³-hybridized carbons (Fsp3) is 0.375. The number of hydrazine groups is 1. The molecule has 0 unspecified atom stereocenters. The molecule has 5 nitrogen and oxygen atoms in total. The van der Waals surface area contributed by atoms with Crippen molar-refractivity contribution in [1.82, 2.24) is 5.59 Å². The minimum Gasteiger partial charge on any atom is -0.375 e. The lowest BCUT2D eigenvalue weighted by atomic mass is 10.4. The Bertz CT molecular complexity index is 264. The lowest BCUT2D eigenvalue weighted by Crippen LogP contribution is -2.26. The molecule has 1 aromatic rings. The summed E-state index contributed by atoms with van der Waals surface area (Å²) in [4.78, 5) is 16.2. The highest BCUT2D eigenvalue weighted by Gasteiger charge is 2.01. The normalized spacial score (nSPS) is 10.1. The van der Waals surface area contributed by atoms with Crippen LogP contribution >= 0.6 is 11.3 Å². The number of hydrogen-bond donors (Lipinski definition) is 2. The zero-order valence-corrected chi connectivity index (χ0v) is 8.38. The molecule has 0 saturated carbocycles. The molecule has 0 aliphatic carbocycles. The predicted molar refractivity (Wildman–Crippen MR) is 52.0 cm³/mol. The van der Waals surface area contributed by atoms with Crippen LogP contribution in [0.1, 0.15) is 11.3 Å². The summed E-state index contributed by atoms with van der Waals surface area (Å²) in [7, 11) is 0. The van der Waals surface area contributed by atoms with Crippen molar-refractivity contribution in [3.05, 3.63) is 22.4 Å². The molecular weight excluding hydrogens is 204 g/mol. The number of thiophene rings is 1. The first-order valence-corrected chi connectivity index (χ1v) is 4.96. The molecule has 0 radical (unpaired) electrons. The van der Waals surface area contributed by atoms with Crippen molar-refractivity contribution < 1.29 is 14.4 Å². The molecule has 1 aromatic heterocycles. The van der Waals surface area contributed by atoms with Crippen LogP contribution in [-0.2, 0) is 21.0 Å². The third kappa shape index (κ3) is 4.33. The highest BCUT2D eigenvalue weighted by Crippen LogP contribution is 2.09. The van der Waals surface area contributed by atoms with E-state index < -0.39 is 5.97 Å². The van der Waals surface area contributed by atoms with Crippen LogP contribution in [0.25, 0.3) is 0 Å². The molecule has 0 fully saturated rings. The van der Waals surface area contributed by atoms with Gasteiger partial charge in [0.15, 0.2) is 0 Å². The number of hydrogen-bond acceptors (Lipinski definition) is 6. The minimum atomic E-state index is -0.432. The van der Waals surface area contributed by atoms with Gasteiger partial charge in [0.2, 0.25) is 0 Å². The van der Waals surface area contributed by atoms with Crippen LogP contribution in [0.3, 0.4) is 0 Å². The van der Waals surface area contributed by atoms with Crippen LogP contribution in [0.2, 0.25) is 0 Å². The van der Waals surface area contributed by atoms with Crippen LogP contribution in [0.5, 0.6) is 0 Å². The Balaban J connectivity index is 2.02. The Morgan fingerprint density at radius 2 is 2.50 bits per heavy atom. The average molecular weight is 216 g/mol. The monoisotopic (exact) mass is 216 g/mol. The molecular formula is C8H12N2O3S. The second kappa shape index (κ2) is 6.50. The van der Waals surface area contributed by atoms with Crippen LogP contribution in [0, 0.1) is 0 Å². The van der Waals surface area contributed by atoms with Crippen LogP contribution < -0.4 is 11.4 Å². The van der Waals surface area contributed by atoms with Gasteiger partial charge in [-0.15, -0.1) is 11.3 Å². The van der Waals surface area contributed by atoms with Crippen LogP contribution in [-0.4, -0.2) is 12.6 Å². The smallest absolute Gasteiger partial charge is 0.328 e. The summed E-state index contributed by atoms with van der Waals surface area (Å²) in [5.41, 5.74) is 1.82. The van der Waals surface area contributed by atoms with Gasteiger partial charge in [0.1, 0.15) is 0 Å². The molecule has 0 bridgehead atoms. The maximum atomic E-state index is 10.8. The van der Waals surface area contributed by atoms with E-state index in [4.69, 9.17) is 10.6 Å². The Morgan fingerprint density at radius 1 is 1.64 bits per heavy atom. The van der Waals surface area contributed by atoms with E-state index in [-0.39, 0.29) is 6.42 Å². The summed E-state index contributed by atoms with van der Waals surface area (Å²) in [6.07, 6.45) is 0.190. The predicted octanol–water partition coefficient (Wildman–Crippen LogP) is 0.576. The standard InChI is InChI=1S/C8H12N2O3S/c9-10-13-8(11)3-4-12-6-7-2-1-5-14-7/h1-2,5,10H,3-4,6,9H2. The minimum absolute atomic E-state index is 0.190. The Labute approximate surface area is 85.7 Å². The Kier molecular flexibility index (Phi) is 5.16. The third-order valence-electron chi connectivity index (χ3n) is 1.45. The maximum absolute atomic E-state index is 10.8. The van der Waals surface area contributed by atoms with Crippen molar-refractivity contribution in [3.8, 4) is 0 Å². The Hall–Kier alpha value is -0.950. The molecule has 6 heteroatoms. The molecule has 0 spiro atoms. The van der Waals surface area contributed by atoms with E-state index >= 15 is 0 Å². The van der Waals surface area contributed by atoms with E-state index in [9.17, 15) is 4.79 Å². The lowest BCUT2D eigenvalue weighted by Gasteiger charge is -2.02. The number of rotatable bonds is 6. The fourth-order valence-electron chi connectivity index (χ4n) is 0.840. The van der Waals surface area contributed by atoms with Gasteiger partial charge in [0, 0.05) is 4.88 Å². The number of nitrogens with one attached hydrogen (secondary N) is 1. The van der Waals surface area contributed by atoms with Crippen molar-refractivity contribution in [1.29, 1.82) is 0 Å². The molecule has 78 valence electrons. The van der Waals surface area contributed by atoms with Crippen molar-refractivity contribution in [2.75, 3.05) is 6.61 Å². The van der Waals surface area contributed by atoms with Gasteiger partial charge in [0.25, 0.3) is 0 Å². The highest BCUT2D eigenvalue weighted by molar-refractivity contribution is 7.09. The summed E-state index contributed by atoms with van der Waals surface area (Å²) in [5, 5.41) is 1.98. The molecule has 1 heterocycles. The SMILES string of the molecule is NNOC(=O)CCOCc1cccs1. The van der Waals surface area contributed by atoms with Gasteiger partial charge in [-0.2, -0.15) is 0 Å². The van der Waals surface area contributed by atoms with E-state index in [0.717, 1.165) is 4.88 Å². The summed E-state index contributed by atoms with van der Waals surface area (Å²) in [6.45, 7) is 0.861. The van der Waals surface area contributed by atoms with E-state index in [1.54, 1.807) is 11.3 Å². The number of carbonyl (C=O) groups is 1. The lowest BCUT2D eigenvalue weighted by molar-refractivity contribution is -0.152. The summed E-state index contributed by atoms with van der Waals surface area (Å²) in [6, 6.07) is 3.93. The topological polar surface area (TPSA) is 73.6 Å². The second-order valence-electron chi connectivity index (χ2n) is 2.47. The average Bonchev–Trinajstić information content (AvgIpc) is 2.65. The maximum Gasteiger partial charge on any atom is 0.328 e. The first kappa shape index (κ1) is 11.1. The molecule has 0 aliphatic heterocycles. The van der Waals surface area contributed by atoms with E-state index in [0.29, 0.717) is 13.2 Å². The van der Waals surface area contributed by atoms with Gasteiger partial charge in [-0.1, -0.05) is 11.7 Å². The van der Waals surface area contributed by atoms with Crippen molar-refractivity contribution in [3.63, 3.8) is 0 Å². The third-order valence-corrected chi connectivity index (χ3v) is 2.30. The number of nitrogens with two attached hydrogens (primary N) is 1. The van der Waals surface area contributed by atoms with E-state index in [1.165, 1.54) is 0 Å². The quantitative estimate of drug-likeness (QED) is 0.413. The molecule has 3 N–H and O–H groups in total. The largest absolute Gasteiger partial charge is 0.375 e. The molecule has 0 aromatic carbocycles. The van der Waals surface area contributed by atoms with Crippen molar-refractivity contribution in [2.24, 2.45) is 5.84 Å². The molecule has 0 aliphatic rings. The fourth-order valence-corrected chi connectivity index (χ4v) is 1.48. The molecule has 0 amide bonds.